The first-order chi connectivity index (χ1) is 8.88. The zero-order valence-electron chi connectivity index (χ0n) is 10.6. The van der Waals surface area contributed by atoms with Crippen LogP contribution in [0.25, 0.3) is 10.9 Å². The second-order valence-electron chi connectivity index (χ2n) is 5.54. The molecule has 2 aromatic rings. The first kappa shape index (κ1) is 10.6. The molecule has 3 nitrogen and oxygen atoms in total. The third-order valence-corrected chi connectivity index (χ3v) is 4.51. The Morgan fingerprint density at radius 3 is 3.06 bits per heavy atom. The van der Waals surface area contributed by atoms with Gasteiger partial charge in [-0.3, -0.25) is 4.90 Å². The molecular weight excluding hydrogens is 222 g/mol. The average Bonchev–Trinajstić information content (AvgIpc) is 2.92. The molecule has 2 bridgehead atoms. The van der Waals surface area contributed by atoms with Gasteiger partial charge in [0.1, 0.15) is 0 Å². The Morgan fingerprint density at radius 2 is 2.17 bits per heavy atom. The Bertz CT molecular complexity index is 584. The summed E-state index contributed by atoms with van der Waals surface area (Å²) in [6, 6.07) is 8.81. The van der Waals surface area contributed by atoms with Crippen LogP contribution in [0.3, 0.4) is 0 Å². The molecule has 0 spiro atoms. The summed E-state index contributed by atoms with van der Waals surface area (Å²) in [5, 5.41) is 1.44. The van der Waals surface area contributed by atoms with Gasteiger partial charge in [0.2, 0.25) is 0 Å². The Labute approximate surface area is 107 Å². The van der Waals surface area contributed by atoms with E-state index in [1.54, 1.807) is 11.3 Å². The second kappa shape index (κ2) is 3.84. The van der Waals surface area contributed by atoms with Gasteiger partial charge >= 0.3 is 0 Å². The quantitative estimate of drug-likeness (QED) is 0.871. The largest absolute Gasteiger partial charge is 0.343 e. The van der Waals surface area contributed by atoms with Crippen LogP contribution in [0.2, 0.25) is 0 Å². The van der Waals surface area contributed by atoms with Crippen molar-refractivity contribution in [1.82, 2.24) is 9.47 Å². The summed E-state index contributed by atoms with van der Waals surface area (Å²) in [7, 11) is 0. The Morgan fingerprint density at radius 1 is 1.28 bits per heavy atom. The third kappa shape index (κ3) is 1.32. The van der Waals surface area contributed by atoms with Crippen LogP contribution in [0, 0.1) is 0 Å². The van der Waals surface area contributed by atoms with Crippen LogP contribution >= 0.6 is 0 Å². The van der Waals surface area contributed by atoms with Crippen molar-refractivity contribution in [3.63, 3.8) is 0 Å². The molecule has 0 aliphatic carbocycles. The van der Waals surface area contributed by atoms with Gasteiger partial charge in [-0.1, -0.05) is 18.2 Å². The maximum Gasteiger partial charge on any atom is 0.0486 e. The molecule has 0 radical (unpaired) electrons. The van der Waals surface area contributed by atoms with Crippen molar-refractivity contribution in [2.24, 2.45) is 5.73 Å². The van der Waals surface area contributed by atoms with Gasteiger partial charge in [0, 0.05) is 48.7 Å². The van der Waals surface area contributed by atoms with Crippen LogP contribution in [-0.2, 0) is 13.1 Å². The summed E-state index contributed by atoms with van der Waals surface area (Å²) in [6.07, 6.45) is 1.31. The summed E-state index contributed by atoms with van der Waals surface area (Å²) in [5.74, 6) is 0.729. The van der Waals surface area contributed by atoms with Gasteiger partial charge in [0.15, 0.2) is 0 Å². The zero-order chi connectivity index (χ0) is 12.1. The molecule has 4 rings (SSSR count). The summed E-state index contributed by atoms with van der Waals surface area (Å²) in [4.78, 5) is 2.59. The van der Waals surface area contributed by atoms with E-state index in [-0.39, 0.29) is 0 Å². The van der Waals surface area contributed by atoms with E-state index in [4.69, 9.17) is 5.73 Å². The molecule has 94 valence electrons. The Kier molecular flexibility index (Phi) is 2.26. The van der Waals surface area contributed by atoms with Gasteiger partial charge in [-0.05, 0) is 24.6 Å². The number of rotatable bonds is 2. The van der Waals surface area contributed by atoms with E-state index in [1.807, 2.05) is 0 Å². The average molecular weight is 241 g/mol. The summed E-state index contributed by atoms with van der Waals surface area (Å²) >= 11 is 0. The molecule has 18 heavy (non-hydrogen) atoms. The standard InChI is InChI=1S/C15H19N3/c16-6-8-18-14-4-2-1-3-12(14)13-10-17-7-5-11(9-17)15(13)18/h1-4,11H,5-10,16H2. The van der Waals surface area contributed by atoms with Crippen molar-refractivity contribution < 1.29 is 0 Å². The number of benzene rings is 1. The molecule has 1 aromatic heterocycles. The molecule has 1 saturated heterocycles. The predicted octanol–water partition coefficient (Wildman–Crippen LogP) is 1.90. The number of hydrogen-bond donors (Lipinski definition) is 1. The SMILES string of the molecule is NCCn1c2c(c3ccccc31)CN1CCC2C1. The highest BCUT2D eigenvalue weighted by Crippen LogP contribution is 2.41. The van der Waals surface area contributed by atoms with Crippen LogP contribution in [-0.4, -0.2) is 29.1 Å². The van der Waals surface area contributed by atoms with Gasteiger partial charge in [-0.2, -0.15) is 0 Å². The number of hydrogen-bond acceptors (Lipinski definition) is 2. The van der Waals surface area contributed by atoms with E-state index < -0.39 is 0 Å². The normalized spacial score (nSPS) is 25.6. The van der Waals surface area contributed by atoms with Crippen LogP contribution in [0.4, 0.5) is 0 Å². The second-order valence-corrected chi connectivity index (χ2v) is 5.54. The highest BCUT2D eigenvalue weighted by Gasteiger charge is 2.35. The molecule has 0 saturated carbocycles. The minimum Gasteiger partial charge on any atom is -0.343 e. The van der Waals surface area contributed by atoms with Crippen molar-refractivity contribution >= 4 is 10.9 Å². The van der Waals surface area contributed by atoms with E-state index in [2.05, 4.69) is 33.7 Å². The lowest BCUT2D eigenvalue weighted by molar-refractivity contribution is 0.311. The van der Waals surface area contributed by atoms with E-state index in [9.17, 15) is 0 Å². The summed E-state index contributed by atoms with van der Waals surface area (Å²) < 4.78 is 2.48. The van der Waals surface area contributed by atoms with E-state index in [0.29, 0.717) is 0 Å². The molecule has 2 N–H and O–H groups in total. The highest BCUT2D eigenvalue weighted by molar-refractivity contribution is 5.86. The molecule has 1 fully saturated rings. The van der Waals surface area contributed by atoms with E-state index in [1.165, 1.54) is 30.4 Å². The number of para-hydroxylation sites is 1. The molecule has 3 heteroatoms. The van der Waals surface area contributed by atoms with Crippen LogP contribution in [0.1, 0.15) is 23.6 Å². The maximum absolute atomic E-state index is 5.81. The van der Waals surface area contributed by atoms with Gasteiger partial charge in [-0.15, -0.1) is 0 Å². The highest BCUT2D eigenvalue weighted by atomic mass is 15.2. The van der Waals surface area contributed by atoms with E-state index in [0.717, 1.165) is 25.6 Å². The fourth-order valence-corrected chi connectivity index (χ4v) is 3.82. The van der Waals surface area contributed by atoms with Crippen molar-refractivity contribution in [2.75, 3.05) is 19.6 Å². The molecular formula is C15H19N3. The van der Waals surface area contributed by atoms with Gasteiger partial charge in [0.05, 0.1) is 0 Å². The summed E-state index contributed by atoms with van der Waals surface area (Å²) in [6.45, 7) is 5.31. The fraction of sp³-hybridized carbons (Fsp3) is 0.467. The lowest BCUT2D eigenvalue weighted by atomic mass is 9.97. The third-order valence-electron chi connectivity index (χ3n) is 4.51. The topological polar surface area (TPSA) is 34.2 Å². The van der Waals surface area contributed by atoms with Gasteiger partial charge in [0.25, 0.3) is 0 Å². The van der Waals surface area contributed by atoms with Gasteiger partial charge < -0.3 is 10.3 Å². The minimum atomic E-state index is 0.724. The fourth-order valence-electron chi connectivity index (χ4n) is 3.82. The number of nitrogens with two attached hydrogens (primary N) is 1. The predicted molar refractivity (Wildman–Crippen MR) is 73.6 cm³/mol. The zero-order valence-corrected chi connectivity index (χ0v) is 10.6. The van der Waals surface area contributed by atoms with Crippen molar-refractivity contribution in [3.05, 3.63) is 35.5 Å². The van der Waals surface area contributed by atoms with Crippen molar-refractivity contribution in [1.29, 1.82) is 0 Å². The molecule has 2 atom stereocenters. The maximum atomic E-state index is 5.81. The molecule has 3 heterocycles. The molecule has 1 aromatic carbocycles. The van der Waals surface area contributed by atoms with Crippen molar-refractivity contribution in [2.45, 2.75) is 25.4 Å². The first-order valence-corrected chi connectivity index (χ1v) is 6.91. The Balaban J connectivity index is 2.01. The molecule has 2 aliphatic rings. The van der Waals surface area contributed by atoms with Crippen molar-refractivity contribution in [3.8, 4) is 0 Å². The van der Waals surface area contributed by atoms with Crippen LogP contribution in [0.5, 0.6) is 0 Å². The van der Waals surface area contributed by atoms with Crippen LogP contribution in [0.15, 0.2) is 24.3 Å². The lowest BCUT2D eigenvalue weighted by Gasteiger charge is -2.24. The minimum absolute atomic E-state index is 0.724. The number of nitrogens with zero attached hydrogens (tertiary/aromatic N) is 2. The number of aromatic nitrogens is 1. The monoisotopic (exact) mass is 241 g/mol. The smallest absolute Gasteiger partial charge is 0.0486 e. The molecule has 2 aliphatic heterocycles. The van der Waals surface area contributed by atoms with Gasteiger partial charge in [-0.25, -0.2) is 0 Å². The summed E-state index contributed by atoms with van der Waals surface area (Å²) in [5.41, 5.74) is 10.3. The number of fused-ring (bicyclic) bond motifs is 6. The van der Waals surface area contributed by atoms with E-state index >= 15 is 0 Å². The lowest BCUT2D eigenvalue weighted by Crippen LogP contribution is -2.26. The molecule has 0 amide bonds. The first-order valence-electron chi connectivity index (χ1n) is 6.91. The molecule has 2 unspecified atom stereocenters. The Hall–Kier alpha value is -1.32. The van der Waals surface area contributed by atoms with Crippen LogP contribution < -0.4 is 5.73 Å².